The first-order valence-electron chi connectivity index (χ1n) is 5.54. The third-order valence-electron chi connectivity index (χ3n) is 2.83. The van der Waals surface area contributed by atoms with Gasteiger partial charge in [-0.25, -0.2) is 8.42 Å². The number of aliphatic imine (C=N–C) groups is 1. The fraction of sp³-hybridized carbons (Fsp3) is 0.364. The van der Waals surface area contributed by atoms with E-state index in [-0.39, 0.29) is 22.8 Å². The molecule has 1 aromatic rings. The third-order valence-corrected chi connectivity index (χ3v) is 4.53. The highest BCUT2D eigenvalue weighted by atomic mass is 32.2. The zero-order chi connectivity index (χ0) is 14.0. The summed E-state index contributed by atoms with van der Waals surface area (Å²) in [4.78, 5) is 14.2. The first-order chi connectivity index (χ1) is 8.89. The van der Waals surface area contributed by atoms with E-state index in [1.165, 1.54) is 24.4 Å². The van der Waals surface area contributed by atoms with Gasteiger partial charge in [-0.3, -0.25) is 15.1 Å². The Balaban J connectivity index is 2.22. The summed E-state index contributed by atoms with van der Waals surface area (Å²) in [6, 6.07) is 5.24. The number of hydrogen-bond acceptors (Lipinski definition) is 6. The van der Waals surface area contributed by atoms with E-state index < -0.39 is 26.9 Å². The second-order valence-corrected chi connectivity index (χ2v) is 6.46. The number of hydrogen-bond donors (Lipinski definition) is 1. The van der Waals surface area contributed by atoms with Crippen LogP contribution in [0.5, 0.6) is 0 Å². The maximum atomic E-state index is 11.3. The predicted octanol–water partition coefficient (Wildman–Crippen LogP) is 0.172. The minimum absolute atomic E-state index is 0.110. The lowest BCUT2D eigenvalue weighted by Gasteiger charge is -2.05. The van der Waals surface area contributed by atoms with E-state index in [0.29, 0.717) is 0 Å². The Bertz CT molecular complexity index is 626. The van der Waals surface area contributed by atoms with Crippen molar-refractivity contribution in [2.75, 3.05) is 11.5 Å². The SMILES string of the molecule is O=[N+]([O-])c1ccccc1C=NC1CS(=O)(=O)CC1O. The number of nitrogens with zero attached hydrogens (tertiary/aromatic N) is 2. The van der Waals surface area contributed by atoms with Crippen LogP contribution in [-0.2, 0) is 9.84 Å². The molecule has 1 fully saturated rings. The van der Waals surface area contributed by atoms with Crippen LogP contribution in [0.3, 0.4) is 0 Å². The summed E-state index contributed by atoms with van der Waals surface area (Å²) in [5.74, 6) is -0.544. The Kier molecular flexibility index (Phi) is 3.63. The van der Waals surface area contributed by atoms with Crippen LogP contribution in [0, 0.1) is 10.1 Å². The van der Waals surface area contributed by atoms with E-state index in [0.717, 1.165) is 0 Å². The molecule has 0 bridgehead atoms. The zero-order valence-electron chi connectivity index (χ0n) is 9.84. The lowest BCUT2D eigenvalue weighted by Crippen LogP contribution is -2.21. The van der Waals surface area contributed by atoms with Crippen molar-refractivity contribution in [1.82, 2.24) is 0 Å². The molecule has 1 saturated heterocycles. The second-order valence-electron chi connectivity index (χ2n) is 4.31. The Morgan fingerprint density at radius 3 is 2.63 bits per heavy atom. The summed E-state index contributed by atoms with van der Waals surface area (Å²) in [5.41, 5.74) is 0.172. The number of aliphatic hydroxyl groups is 1. The van der Waals surface area contributed by atoms with Crippen LogP contribution < -0.4 is 0 Å². The van der Waals surface area contributed by atoms with Crippen LogP contribution in [-0.4, -0.2) is 48.3 Å². The first-order valence-corrected chi connectivity index (χ1v) is 7.36. The molecule has 7 nitrogen and oxygen atoms in total. The van der Waals surface area contributed by atoms with E-state index in [1.807, 2.05) is 0 Å². The van der Waals surface area contributed by atoms with Crippen LogP contribution in [0.4, 0.5) is 5.69 Å². The van der Waals surface area contributed by atoms with Crippen molar-refractivity contribution in [3.63, 3.8) is 0 Å². The minimum atomic E-state index is -3.27. The second kappa shape index (κ2) is 5.06. The molecule has 102 valence electrons. The standard InChI is InChI=1S/C11H12N2O5S/c14-11-7-19(17,18)6-9(11)12-5-8-3-1-2-4-10(8)13(15)16/h1-5,9,11,14H,6-7H2. The van der Waals surface area contributed by atoms with Gasteiger partial charge < -0.3 is 5.11 Å². The van der Waals surface area contributed by atoms with Crippen LogP contribution in [0.1, 0.15) is 5.56 Å². The zero-order valence-corrected chi connectivity index (χ0v) is 10.7. The van der Waals surface area contributed by atoms with E-state index in [4.69, 9.17) is 0 Å². The number of rotatable bonds is 3. The lowest BCUT2D eigenvalue weighted by atomic mass is 10.2. The first kappa shape index (κ1) is 13.6. The van der Waals surface area contributed by atoms with Gasteiger partial charge in [-0.05, 0) is 6.07 Å². The molecule has 0 aromatic heterocycles. The summed E-state index contributed by atoms with van der Waals surface area (Å²) in [5, 5.41) is 20.3. The molecule has 1 aliphatic rings. The number of nitro benzene ring substituents is 1. The van der Waals surface area contributed by atoms with E-state index in [2.05, 4.69) is 4.99 Å². The topological polar surface area (TPSA) is 110 Å². The Labute approximate surface area is 109 Å². The fourth-order valence-electron chi connectivity index (χ4n) is 1.89. The molecule has 1 N–H and O–H groups in total. The summed E-state index contributed by atoms with van der Waals surface area (Å²) >= 11 is 0. The molecule has 0 aliphatic carbocycles. The Morgan fingerprint density at radius 1 is 1.37 bits per heavy atom. The smallest absolute Gasteiger partial charge is 0.278 e. The van der Waals surface area contributed by atoms with Gasteiger partial charge in [0, 0.05) is 12.3 Å². The van der Waals surface area contributed by atoms with Gasteiger partial charge in [0.1, 0.15) is 0 Å². The van der Waals surface area contributed by atoms with Crippen LogP contribution in [0.2, 0.25) is 0 Å². The van der Waals surface area contributed by atoms with E-state index in [9.17, 15) is 23.6 Å². The highest BCUT2D eigenvalue weighted by Crippen LogP contribution is 2.18. The molecule has 0 amide bonds. The molecular formula is C11H12N2O5S. The van der Waals surface area contributed by atoms with Gasteiger partial charge in [0.25, 0.3) is 5.69 Å². The number of benzene rings is 1. The molecule has 2 unspecified atom stereocenters. The number of sulfone groups is 1. The summed E-state index contributed by atoms with van der Waals surface area (Å²) in [6.07, 6.45) is 0.191. The van der Waals surface area contributed by atoms with Crippen LogP contribution >= 0.6 is 0 Å². The summed E-state index contributed by atoms with van der Waals surface area (Å²) in [6.45, 7) is 0. The van der Waals surface area contributed by atoms with Crippen molar-refractivity contribution in [2.45, 2.75) is 12.1 Å². The molecule has 1 aromatic carbocycles. The van der Waals surface area contributed by atoms with Crippen molar-refractivity contribution >= 4 is 21.7 Å². The largest absolute Gasteiger partial charge is 0.390 e. The van der Waals surface area contributed by atoms with Gasteiger partial charge in [-0.1, -0.05) is 12.1 Å². The van der Waals surface area contributed by atoms with E-state index >= 15 is 0 Å². The van der Waals surface area contributed by atoms with Crippen molar-refractivity contribution in [1.29, 1.82) is 0 Å². The lowest BCUT2D eigenvalue weighted by molar-refractivity contribution is -0.385. The molecule has 2 rings (SSSR count). The number of para-hydroxylation sites is 1. The molecular weight excluding hydrogens is 272 g/mol. The highest BCUT2D eigenvalue weighted by molar-refractivity contribution is 7.91. The molecule has 19 heavy (non-hydrogen) atoms. The monoisotopic (exact) mass is 284 g/mol. The predicted molar refractivity (Wildman–Crippen MR) is 69.1 cm³/mol. The average molecular weight is 284 g/mol. The molecule has 1 aliphatic heterocycles. The van der Waals surface area contributed by atoms with Gasteiger partial charge in [0.05, 0.1) is 34.1 Å². The third kappa shape index (κ3) is 3.15. The summed E-state index contributed by atoms with van der Waals surface area (Å²) in [7, 11) is -3.27. The van der Waals surface area contributed by atoms with Gasteiger partial charge in [0.15, 0.2) is 9.84 Å². The van der Waals surface area contributed by atoms with Crippen LogP contribution in [0.15, 0.2) is 29.3 Å². The Hall–Kier alpha value is -1.80. The molecule has 1 heterocycles. The van der Waals surface area contributed by atoms with Crippen molar-refractivity contribution < 1.29 is 18.4 Å². The van der Waals surface area contributed by atoms with Crippen LogP contribution in [0.25, 0.3) is 0 Å². The Morgan fingerprint density at radius 2 is 2.05 bits per heavy atom. The van der Waals surface area contributed by atoms with Crippen molar-refractivity contribution in [2.24, 2.45) is 4.99 Å². The molecule has 8 heteroatoms. The maximum absolute atomic E-state index is 11.3. The van der Waals surface area contributed by atoms with Crippen molar-refractivity contribution in [3.8, 4) is 0 Å². The highest BCUT2D eigenvalue weighted by Gasteiger charge is 2.35. The van der Waals surface area contributed by atoms with Gasteiger partial charge in [0.2, 0.25) is 0 Å². The fourth-order valence-corrected chi connectivity index (χ4v) is 3.60. The minimum Gasteiger partial charge on any atom is -0.390 e. The van der Waals surface area contributed by atoms with Gasteiger partial charge in [-0.2, -0.15) is 0 Å². The molecule has 0 radical (unpaired) electrons. The van der Waals surface area contributed by atoms with Gasteiger partial charge in [-0.15, -0.1) is 0 Å². The molecule has 0 spiro atoms. The quantitative estimate of drug-likeness (QED) is 0.483. The van der Waals surface area contributed by atoms with Crippen molar-refractivity contribution in [3.05, 3.63) is 39.9 Å². The molecule has 2 atom stereocenters. The van der Waals surface area contributed by atoms with Gasteiger partial charge >= 0.3 is 0 Å². The maximum Gasteiger partial charge on any atom is 0.278 e. The van der Waals surface area contributed by atoms with E-state index in [1.54, 1.807) is 6.07 Å². The molecule has 0 saturated carbocycles. The number of nitro groups is 1. The average Bonchev–Trinajstić information content (AvgIpc) is 2.60. The normalized spacial score (nSPS) is 25.7. The summed E-state index contributed by atoms with van der Waals surface area (Å²) < 4.78 is 22.6. The number of aliphatic hydroxyl groups excluding tert-OH is 1.